The molecule has 0 saturated heterocycles. The minimum atomic E-state index is -3.83. The molecule has 0 aliphatic carbocycles. The van der Waals surface area contributed by atoms with E-state index >= 15 is 0 Å². The molecule has 0 saturated carbocycles. The lowest BCUT2D eigenvalue weighted by atomic mass is 10.0. The van der Waals surface area contributed by atoms with Crippen LogP contribution < -0.4 is 4.72 Å². The molecule has 11 heteroatoms. The van der Waals surface area contributed by atoms with Crippen LogP contribution in [0.15, 0.2) is 29.2 Å². The summed E-state index contributed by atoms with van der Waals surface area (Å²) in [5, 5.41) is 0.0903. The molecule has 0 fully saturated rings. The van der Waals surface area contributed by atoms with Crippen LogP contribution in [0.2, 0.25) is 36.3 Å². The van der Waals surface area contributed by atoms with E-state index in [1.165, 1.54) is 0 Å². The molecule has 4 atom stereocenters. The Hall–Kier alpha value is -0.406. The van der Waals surface area contributed by atoms with E-state index in [0.29, 0.717) is 13.0 Å². The summed E-state index contributed by atoms with van der Waals surface area (Å²) in [6.07, 6.45) is 2.97. The Kier molecular flexibility index (Phi) is 15.7. The fourth-order valence-corrected chi connectivity index (χ4v) is 9.89. The number of benzene rings is 1. The summed E-state index contributed by atoms with van der Waals surface area (Å²) in [5.41, 5.74) is 0.975. The van der Waals surface area contributed by atoms with Gasteiger partial charge in [0.2, 0.25) is 10.0 Å². The summed E-state index contributed by atoms with van der Waals surface area (Å²) in [6.45, 7) is 36.5. The highest BCUT2D eigenvalue weighted by molar-refractivity contribution is 7.89. The molecule has 1 aromatic carbocycles. The van der Waals surface area contributed by atoms with Gasteiger partial charge < -0.3 is 8.85 Å². The first-order chi connectivity index (χ1) is 20.6. The second-order valence-electron chi connectivity index (χ2n) is 17.3. The van der Waals surface area contributed by atoms with Gasteiger partial charge in [0.15, 0.2) is 16.6 Å². The van der Waals surface area contributed by atoms with Crippen molar-refractivity contribution in [2.45, 2.75) is 186 Å². The molecule has 1 rings (SSSR count). The van der Waals surface area contributed by atoms with Crippen molar-refractivity contribution in [2.24, 2.45) is 0 Å². The number of nitrogens with zero attached hydrogens (tertiary/aromatic N) is 1. The van der Waals surface area contributed by atoms with Crippen molar-refractivity contribution in [2.75, 3.05) is 6.61 Å². The molecule has 1 N–H and O–H groups in total. The maximum atomic E-state index is 14.4. The van der Waals surface area contributed by atoms with E-state index in [9.17, 15) is 12.6 Å². The number of hydrogen-bond donors (Lipinski definition) is 1. The molecule has 46 heavy (non-hydrogen) atoms. The Balaban J connectivity index is 3.37. The van der Waals surface area contributed by atoms with Gasteiger partial charge in [-0.3, -0.25) is 0 Å². The quantitative estimate of drug-likeness (QED) is 0.162. The standard InChI is InChI=1S/C35H70N2O5S2Si2/c1-18-30(36-43(38)33(5,6)7)20-19-21-31(26-41-45(14,15)34(8,9)10)37(27(2)3)44(39,40)32-24-22-29(23-25-32)28(4)42-46(16,17)35(11,12)13/h22-25,27-28,30-31,36H,18-21,26H2,1-17H3/t28-,30-,31-,43?/m0/s1. The molecule has 1 unspecified atom stereocenters. The Morgan fingerprint density at radius 3 is 1.76 bits per heavy atom. The van der Waals surface area contributed by atoms with Crippen LogP contribution in [0.25, 0.3) is 0 Å². The molecule has 0 aromatic heterocycles. The summed E-state index contributed by atoms with van der Waals surface area (Å²) in [4.78, 5) is 0.287. The zero-order valence-electron chi connectivity index (χ0n) is 32.5. The Morgan fingerprint density at radius 1 is 0.848 bits per heavy atom. The third kappa shape index (κ3) is 12.2. The van der Waals surface area contributed by atoms with Gasteiger partial charge in [-0.25, -0.2) is 17.3 Å². The Labute approximate surface area is 289 Å². The van der Waals surface area contributed by atoms with Crippen LogP contribution in [-0.4, -0.2) is 63.0 Å². The van der Waals surface area contributed by atoms with Crippen molar-refractivity contribution in [3.8, 4) is 0 Å². The van der Waals surface area contributed by atoms with Gasteiger partial charge in [-0.05, 0) is 115 Å². The molecule has 7 nitrogen and oxygen atoms in total. The predicted octanol–water partition coefficient (Wildman–Crippen LogP) is 9.56. The molecule has 0 aliphatic rings. The first-order valence-electron chi connectivity index (χ1n) is 17.2. The SMILES string of the molecule is CC[C@@H](CCC[C@@H](CO[Si](C)(C)C(C)(C)C)N(C(C)C)S(=O)(=O)c1ccc([C@H](C)O[Si](C)(C)C(C)(C)C)cc1)NS(=O)C(C)(C)C. The van der Waals surface area contributed by atoms with Gasteiger partial charge in [-0.2, -0.15) is 4.31 Å². The third-order valence-electron chi connectivity index (χ3n) is 9.93. The average Bonchev–Trinajstić information content (AvgIpc) is 2.88. The normalized spacial score (nSPS) is 16.9. The molecule has 0 bridgehead atoms. The van der Waals surface area contributed by atoms with Crippen LogP contribution in [0.4, 0.5) is 0 Å². The molecule has 1 aromatic rings. The molecule has 0 spiro atoms. The van der Waals surface area contributed by atoms with E-state index in [1.807, 2.05) is 53.7 Å². The Bertz CT molecular complexity index is 1220. The van der Waals surface area contributed by atoms with Crippen molar-refractivity contribution in [1.82, 2.24) is 9.03 Å². The first-order valence-corrected chi connectivity index (χ1v) is 25.6. The lowest BCUT2D eigenvalue weighted by Gasteiger charge is -2.40. The zero-order valence-corrected chi connectivity index (χ0v) is 36.1. The summed E-state index contributed by atoms with van der Waals surface area (Å²) in [6, 6.07) is 6.77. The van der Waals surface area contributed by atoms with E-state index in [4.69, 9.17) is 8.85 Å². The van der Waals surface area contributed by atoms with Crippen molar-refractivity contribution in [1.29, 1.82) is 0 Å². The van der Waals surface area contributed by atoms with Crippen molar-refractivity contribution >= 4 is 37.6 Å². The topological polar surface area (TPSA) is 84.9 Å². The fraction of sp³-hybridized carbons (Fsp3) is 0.829. The highest BCUT2D eigenvalue weighted by atomic mass is 32.2. The molecule has 0 radical (unpaired) electrons. The van der Waals surface area contributed by atoms with Gasteiger partial charge in [0.1, 0.15) is 0 Å². The largest absolute Gasteiger partial charge is 0.415 e. The van der Waals surface area contributed by atoms with Gasteiger partial charge in [0.25, 0.3) is 0 Å². The smallest absolute Gasteiger partial charge is 0.243 e. The highest BCUT2D eigenvalue weighted by Gasteiger charge is 2.41. The fourth-order valence-electron chi connectivity index (χ4n) is 4.69. The van der Waals surface area contributed by atoms with E-state index in [0.717, 1.165) is 24.8 Å². The van der Waals surface area contributed by atoms with E-state index in [2.05, 4.69) is 79.4 Å². The third-order valence-corrected chi connectivity index (χ3v) is 22.8. The van der Waals surface area contributed by atoms with Crippen LogP contribution >= 0.6 is 0 Å². The molecular weight excluding hydrogens is 649 g/mol. The minimum absolute atomic E-state index is 0.00629. The molecule has 0 aliphatic heterocycles. The van der Waals surface area contributed by atoms with Crippen LogP contribution in [0.5, 0.6) is 0 Å². The number of sulfonamides is 1. The van der Waals surface area contributed by atoms with Crippen molar-refractivity contribution in [3.63, 3.8) is 0 Å². The van der Waals surface area contributed by atoms with E-state index in [1.54, 1.807) is 16.4 Å². The minimum Gasteiger partial charge on any atom is -0.415 e. The molecule has 0 heterocycles. The van der Waals surface area contributed by atoms with Gasteiger partial charge in [-0.1, -0.05) is 67.0 Å². The van der Waals surface area contributed by atoms with Crippen LogP contribution in [0.1, 0.15) is 127 Å². The van der Waals surface area contributed by atoms with Crippen molar-refractivity contribution in [3.05, 3.63) is 29.8 Å². The Morgan fingerprint density at radius 2 is 1.35 bits per heavy atom. The summed E-state index contributed by atoms with van der Waals surface area (Å²) in [5.74, 6) is 0. The monoisotopic (exact) mass is 718 g/mol. The van der Waals surface area contributed by atoms with Crippen molar-refractivity contribution < 1.29 is 21.5 Å². The summed E-state index contributed by atoms with van der Waals surface area (Å²) < 4.78 is 59.5. The molecule has 0 amide bonds. The van der Waals surface area contributed by atoms with E-state index in [-0.39, 0.29) is 43.9 Å². The second kappa shape index (κ2) is 16.5. The lowest BCUT2D eigenvalue weighted by Crippen LogP contribution is -2.50. The van der Waals surface area contributed by atoms with Crippen LogP contribution in [0.3, 0.4) is 0 Å². The second-order valence-corrected chi connectivity index (χ2v) is 30.7. The predicted molar refractivity (Wildman–Crippen MR) is 203 cm³/mol. The number of nitrogens with one attached hydrogen (secondary N) is 1. The molecular formula is C35H70N2O5S2Si2. The highest BCUT2D eigenvalue weighted by Crippen LogP contribution is 2.40. The summed E-state index contributed by atoms with van der Waals surface area (Å²) >= 11 is 0. The molecule has 270 valence electrons. The number of rotatable bonds is 17. The number of hydrogen-bond acceptors (Lipinski definition) is 5. The summed E-state index contributed by atoms with van der Waals surface area (Å²) in [7, 11) is -9.11. The average molecular weight is 719 g/mol. The van der Waals surface area contributed by atoms with Crippen LogP contribution in [0, 0.1) is 0 Å². The van der Waals surface area contributed by atoms with Crippen LogP contribution in [-0.2, 0) is 29.9 Å². The van der Waals surface area contributed by atoms with Gasteiger partial charge in [-0.15, -0.1) is 0 Å². The maximum Gasteiger partial charge on any atom is 0.243 e. The maximum absolute atomic E-state index is 14.4. The van der Waals surface area contributed by atoms with Gasteiger partial charge >= 0.3 is 0 Å². The zero-order chi connectivity index (χ0) is 36.1. The first kappa shape index (κ1) is 43.6. The van der Waals surface area contributed by atoms with Gasteiger partial charge in [0, 0.05) is 18.1 Å². The lowest BCUT2D eigenvalue weighted by molar-refractivity contribution is 0.161. The van der Waals surface area contributed by atoms with Gasteiger partial charge in [0.05, 0.1) is 33.3 Å². The van der Waals surface area contributed by atoms with E-state index < -0.39 is 37.6 Å².